The highest BCUT2D eigenvalue weighted by atomic mass is 35.5. The lowest BCUT2D eigenvalue weighted by Crippen LogP contribution is -2.35. The normalized spacial score (nSPS) is 16.3. The number of carbonyl (C=O) groups is 1. The number of carbonyl (C=O) groups excluding carboxylic acids is 1. The number of nitrogens with one attached hydrogen (secondary N) is 1. The molecule has 188 valence electrons. The van der Waals surface area contributed by atoms with Crippen LogP contribution in [0.3, 0.4) is 0 Å². The molecule has 0 radical (unpaired) electrons. The molecule has 0 fully saturated rings. The fraction of sp³-hybridized carbons (Fsp3) is 0.280. The van der Waals surface area contributed by atoms with Gasteiger partial charge in [0.2, 0.25) is 5.17 Å². The van der Waals surface area contributed by atoms with Crippen molar-refractivity contribution >= 4 is 63.0 Å². The third kappa shape index (κ3) is 5.86. The third-order valence-corrected chi connectivity index (χ3v) is 6.56. The van der Waals surface area contributed by atoms with Crippen molar-refractivity contribution in [3.05, 3.63) is 57.6 Å². The van der Waals surface area contributed by atoms with Gasteiger partial charge < -0.3 is 14.2 Å². The van der Waals surface area contributed by atoms with E-state index in [2.05, 4.69) is 23.9 Å². The van der Waals surface area contributed by atoms with E-state index in [1.807, 2.05) is 12.1 Å². The van der Waals surface area contributed by atoms with Crippen molar-refractivity contribution in [2.75, 3.05) is 20.3 Å². The van der Waals surface area contributed by atoms with Gasteiger partial charge in [0.05, 0.1) is 22.7 Å². The van der Waals surface area contributed by atoms with Crippen LogP contribution in [0.25, 0.3) is 6.08 Å². The van der Waals surface area contributed by atoms with E-state index in [1.165, 1.54) is 22.8 Å². The van der Waals surface area contributed by atoms with Crippen LogP contribution in [-0.2, 0) is 4.79 Å². The Morgan fingerprint density at radius 2 is 1.78 bits per heavy atom. The van der Waals surface area contributed by atoms with E-state index in [4.69, 9.17) is 42.8 Å². The third-order valence-electron chi connectivity index (χ3n) is 5.07. The smallest absolute Gasteiger partial charge is 0.283 e. The van der Waals surface area contributed by atoms with Gasteiger partial charge in [-0.15, -0.1) is 0 Å². The lowest BCUT2D eigenvalue weighted by atomic mass is 10.1. The molecule has 11 heteroatoms. The molecule has 0 unspecified atom stereocenters. The highest BCUT2D eigenvalue weighted by molar-refractivity contribution is 8.26. The summed E-state index contributed by atoms with van der Waals surface area (Å²) in [7, 11) is 1.57. The van der Waals surface area contributed by atoms with E-state index < -0.39 is 5.91 Å². The van der Waals surface area contributed by atoms with E-state index in [-0.39, 0.29) is 34.7 Å². The van der Waals surface area contributed by atoms with E-state index >= 15 is 0 Å². The second kappa shape index (κ2) is 11.4. The zero-order valence-electron chi connectivity index (χ0n) is 19.9. The number of rotatable bonds is 9. The molecule has 0 spiro atoms. The van der Waals surface area contributed by atoms with Crippen molar-refractivity contribution in [3.63, 3.8) is 0 Å². The summed E-state index contributed by atoms with van der Waals surface area (Å²) in [6, 6.07) is 10.5. The van der Waals surface area contributed by atoms with Crippen LogP contribution in [0.4, 0.5) is 0 Å². The number of benzene rings is 2. The first-order chi connectivity index (χ1) is 17.3. The van der Waals surface area contributed by atoms with Gasteiger partial charge in [-0.25, -0.2) is 0 Å². The van der Waals surface area contributed by atoms with Gasteiger partial charge in [0.15, 0.2) is 23.1 Å². The van der Waals surface area contributed by atoms with Gasteiger partial charge in [0, 0.05) is 6.42 Å². The van der Waals surface area contributed by atoms with Crippen molar-refractivity contribution in [1.29, 1.82) is 5.41 Å². The first-order valence-corrected chi connectivity index (χ1v) is 12.7. The SMILES string of the molecule is COc1ccccc1OCCOc1c(Cl)cc(/C=C2/C(=N)N3N=C(CC(C)C)SC3=NC2=O)cc1Cl. The first kappa shape index (κ1) is 26.1. The van der Waals surface area contributed by atoms with Gasteiger partial charge in [0.1, 0.15) is 18.3 Å². The molecule has 2 aliphatic heterocycles. The number of amides is 1. The minimum Gasteiger partial charge on any atom is -0.493 e. The Bertz CT molecular complexity index is 1270. The van der Waals surface area contributed by atoms with Crippen LogP contribution in [0.2, 0.25) is 10.0 Å². The van der Waals surface area contributed by atoms with Crippen molar-refractivity contribution in [2.24, 2.45) is 16.0 Å². The van der Waals surface area contributed by atoms with Crippen LogP contribution in [0.15, 0.2) is 52.1 Å². The molecule has 1 N–H and O–H groups in total. The number of hydrogen-bond donors (Lipinski definition) is 1. The summed E-state index contributed by atoms with van der Waals surface area (Å²) in [4.78, 5) is 16.8. The van der Waals surface area contributed by atoms with E-state index in [9.17, 15) is 4.79 Å². The van der Waals surface area contributed by atoms with E-state index in [0.29, 0.717) is 33.9 Å². The molecule has 2 aromatic rings. The maximum absolute atomic E-state index is 12.7. The number of fused-ring (bicyclic) bond motifs is 1. The second-order valence-corrected chi connectivity index (χ2v) is 10.1. The van der Waals surface area contributed by atoms with Crippen LogP contribution >= 0.6 is 35.0 Å². The Hall–Kier alpha value is -3.01. The average Bonchev–Trinajstić information content (AvgIpc) is 3.22. The Labute approximate surface area is 223 Å². The molecular formula is C25H24Cl2N4O4S. The monoisotopic (exact) mass is 546 g/mol. The number of methoxy groups -OCH3 is 1. The Kier molecular flexibility index (Phi) is 8.23. The van der Waals surface area contributed by atoms with E-state index in [1.54, 1.807) is 31.4 Å². The van der Waals surface area contributed by atoms with Crippen molar-refractivity contribution in [1.82, 2.24) is 5.01 Å². The maximum Gasteiger partial charge on any atom is 0.283 e. The fourth-order valence-electron chi connectivity index (χ4n) is 3.46. The van der Waals surface area contributed by atoms with Gasteiger partial charge in [-0.1, -0.05) is 49.2 Å². The molecule has 4 rings (SSSR count). The number of ether oxygens (including phenoxy) is 3. The maximum atomic E-state index is 12.7. The summed E-state index contributed by atoms with van der Waals surface area (Å²) in [5.41, 5.74) is 0.632. The molecule has 0 saturated heterocycles. The molecule has 2 heterocycles. The zero-order chi connectivity index (χ0) is 25.8. The standard InChI is InChI=1S/C25H24Cl2N4O4S/c1-14(2)10-21-30-31-23(28)16(24(32)29-25(31)36-21)11-15-12-17(26)22(18(27)13-15)35-9-8-34-20-7-5-4-6-19(20)33-3/h4-7,11-14,28H,8-10H2,1-3H3/b16-11-,28-23?. The van der Waals surface area contributed by atoms with Crippen LogP contribution in [0.5, 0.6) is 17.2 Å². The van der Waals surface area contributed by atoms with Crippen molar-refractivity contribution in [3.8, 4) is 17.2 Å². The zero-order valence-corrected chi connectivity index (χ0v) is 22.2. The quantitative estimate of drug-likeness (QED) is 0.300. The summed E-state index contributed by atoms with van der Waals surface area (Å²) in [5.74, 6) is 1.37. The number of halogens is 2. The van der Waals surface area contributed by atoms with Gasteiger partial charge in [0.25, 0.3) is 5.91 Å². The minimum atomic E-state index is -0.513. The number of para-hydroxylation sites is 2. The molecular weight excluding hydrogens is 523 g/mol. The Morgan fingerprint density at radius 1 is 1.11 bits per heavy atom. The van der Waals surface area contributed by atoms with E-state index in [0.717, 1.165) is 11.5 Å². The van der Waals surface area contributed by atoms with Crippen LogP contribution in [-0.4, -0.2) is 47.3 Å². The number of amidine groups is 2. The second-order valence-electron chi connectivity index (χ2n) is 8.27. The molecule has 2 aromatic carbocycles. The fourth-order valence-corrected chi connectivity index (χ4v) is 5.17. The highest BCUT2D eigenvalue weighted by Gasteiger charge is 2.35. The predicted octanol–water partition coefficient (Wildman–Crippen LogP) is 6.13. The van der Waals surface area contributed by atoms with Crippen LogP contribution in [0, 0.1) is 11.3 Å². The van der Waals surface area contributed by atoms with Crippen LogP contribution < -0.4 is 14.2 Å². The molecule has 8 nitrogen and oxygen atoms in total. The Morgan fingerprint density at radius 3 is 2.44 bits per heavy atom. The molecule has 0 atom stereocenters. The largest absolute Gasteiger partial charge is 0.493 e. The lowest BCUT2D eigenvalue weighted by molar-refractivity contribution is -0.114. The first-order valence-electron chi connectivity index (χ1n) is 11.1. The number of hydrogen-bond acceptors (Lipinski definition) is 7. The van der Waals surface area contributed by atoms with Crippen LogP contribution in [0.1, 0.15) is 25.8 Å². The summed E-state index contributed by atoms with van der Waals surface area (Å²) >= 11 is 14.2. The van der Waals surface area contributed by atoms with Gasteiger partial charge in [-0.2, -0.15) is 15.1 Å². The number of aliphatic imine (C=N–C) groups is 1. The summed E-state index contributed by atoms with van der Waals surface area (Å²) in [6.45, 7) is 4.61. The van der Waals surface area contributed by atoms with Gasteiger partial charge >= 0.3 is 0 Å². The molecule has 0 saturated carbocycles. The molecule has 36 heavy (non-hydrogen) atoms. The van der Waals surface area contributed by atoms with Crippen molar-refractivity contribution < 1.29 is 19.0 Å². The number of thioether (sulfide) groups is 1. The lowest BCUT2D eigenvalue weighted by Gasteiger charge is -2.20. The average molecular weight is 547 g/mol. The topological polar surface area (TPSA) is 96.6 Å². The molecule has 0 aliphatic carbocycles. The van der Waals surface area contributed by atoms with Gasteiger partial charge in [-0.05, 0) is 53.6 Å². The molecule has 0 aromatic heterocycles. The van der Waals surface area contributed by atoms with Gasteiger partial charge in [-0.3, -0.25) is 10.2 Å². The minimum absolute atomic E-state index is 0.0442. The summed E-state index contributed by atoms with van der Waals surface area (Å²) in [6.07, 6.45) is 2.27. The molecule has 2 aliphatic rings. The Balaban J connectivity index is 1.45. The highest BCUT2D eigenvalue weighted by Crippen LogP contribution is 2.36. The predicted molar refractivity (Wildman–Crippen MR) is 145 cm³/mol. The number of nitrogens with zero attached hydrogens (tertiary/aromatic N) is 3. The molecule has 1 amide bonds. The summed E-state index contributed by atoms with van der Waals surface area (Å²) < 4.78 is 16.7. The summed E-state index contributed by atoms with van der Waals surface area (Å²) in [5, 5.41) is 16.1. The van der Waals surface area contributed by atoms with Crippen molar-refractivity contribution in [2.45, 2.75) is 20.3 Å². The number of hydrazone groups is 1. The molecule has 0 bridgehead atoms.